The Morgan fingerprint density at radius 1 is 0.880 bits per heavy atom. The van der Waals surface area contributed by atoms with Gasteiger partial charge in [0.15, 0.2) is 0 Å². The van der Waals surface area contributed by atoms with Gasteiger partial charge < -0.3 is 10.2 Å². The number of rotatable bonds is 1. The van der Waals surface area contributed by atoms with Gasteiger partial charge in [-0.05, 0) is 66.5 Å². The van der Waals surface area contributed by atoms with Crippen LogP contribution < -0.4 is 0 Å². The van der Waals surface area contributed by atoms with E-state index >= 15 is 0 Å². The van der Waals surface area contributed by atoms with Crippen LogP contribution in [0.25, 0.3) is 5.69 Å². The van der Waals surface area contributed by atoms with Gasteiger partial charge in [-0.1, -0.05) is 35.4 Å². The van der Waals surface area contributed by atoms with Crippen molar-refractivity contribution in [3.8, 4) is 17.4 Å². The van der Waals surface area contributed by atoms with Crippen LogP contribution in [0.2, 0.25) is 10.0 Å². The first-order valence-electron chi connectivity index (χ1n) is 8.86. The van der Waals surface area contributed by atoms with Crippen molar-refractivity contribution >= 4 is 23.2 Å². The normalized spacial score (nSPS) is 36.2. The average Bonchev–Trinajstić information content (AvgIpc) is 3.35. The predicted molar refractivity (Wildman–Crippen MR) is 96.9 cm³/mol. The van der Waals surface area contributed by atoms with Crippen molar-refractivity contribution in [1.82, 2.24) is 4.57 Å². The Morgan fingerprint density at radius 3 is 2.04 bits per heavy atom. The number of hydrogen-bond acceptors (Lipinski definition) is 2. The summed E-state index contributed by atoms with van der Waals surface area (Å²) in [5.74, 6) is 3.52. The summed E-state index contributed by atoms with van der Waals surface area (Å²) in [4.78, 5) is 0. The molecule has 1 heterocycles. The third-order valence-electron chi connectivity index (χ3n) is 7.11. The molecule has 0 radical (unpaired) electrons. The summed E-state index contributed by atoms with van der Waals surface area (Å²) >= 11 is 12.3. The second kappa shape index (κ2) is 4.57. The van der Waals surface area contributed by atoms with Crippen LogP contribution in [0, 0.1) is 23.7 Å². The van der Waals surface area contributed by atoms with Crippen molar-refractivity contribution in [3.63, 3.8) is 0 Å². The molecule has 4 bridgehead atoms. The number of benzene rings is 1. The van der Waals surface area contributed by atoms with E-state index in [4.69, 9.17) is 23.2 Å². The maximum atomic E-state index is 11.0. The molecular weight excluding hydrogens is 357 g/mol. The maximum Gasteiger partial charge on any atom is 0.202 e. The van der Waals surface area contributed by atoms with Crippen LogP contribution in [-0.4, -0.2) is 14.8 Å². The molecule has 6 rings (SSSR count). The van der Waals surface area contributed by atoms with E-state index in [0.29, 0.717) is 51.2 Å². The minimum Gasteiger partial charge on any atom is -0.494 e. The molecule has 0 aliphatic heterocycles. The van der Waals surface area contributed by atoms with Crippen molar-refractivity contribution in [2.45, 2.75) is 24.7 Å². The number of halogens is 2. The molecule has 2 saturated carbocycles. The van der Waals surface area contributed by atoms with E-state index in [0.717, 1.165) is 17.5 Å². The van der Waals surface area contributed by atoms with E-state index in [2.05, 4.69) is 12.2 Å². The largest absolute Gasteiger partial charge is 0.494 e. The molecule has 25 heavy (non-hydrogen) atoms. The molecule has 0 spiro atoms. The number of hydrogen-bond donors (Lipinski definition) is 2. The lowest BCUT2D eigenvalue weighted by atomic mass is 9.72. The van der Waals surface area contributed by atoms with Crippen molar-refractivity contribution in [1.29, 1.82) is 0 Å². The third kappa shape index (κ3) is 1.60. The van der Waals surface area contributed by atoms with E-state index in [1.165, 1.54) is 11.0 Å². The van der Waals surface area contributed by atoms with Crippen LogP contribution in [0.4, 0.5) is 0 Å². The summed E-state index contributed by atoms with van der Waals surface area (Å²) in [6.07, 6.45) is 7.05. The molecule has 4 aliphatic rings. The van der Waals surface area contributed by atoms with Crippen LogP contribution >= 0.6 is 23.2 Å². The Labute approximate surface area is 155 Å². The Bertz CT molecular complexity index is 916. The van der Waals surface area contributed by atoms with Gasteiger partial charge in [-0.15, -0.1) is 0 Å². The van der Waals surface area contributed by atoms with E-state index < -0.39 is 0 Å². The van der Waals surface area contributed by atoms with E-state index in [9.17, 15) is 10.2 Å². The van der Waals surface area contributed by atoms with Gasteiger partial charge in [0, 0.05) is 16.1 Å². The number of aromatic hydroxyl groups is 2. The third-order valence-corrected chi connectivity index (χ3v) is 7.65. The number of fused-ring (bicyclic) bond motifs is 12. The fourth-order valence-corrected chi connectivity index (χ4v) is 6.94. The fourth-order valence-electron chi connectivity index (χ4n) is 6.44. The minimum absolute atomic E-state index is 0.148. The summed E-state index contributed by atoms with van der Waals surface area (Å²) in [6, 6.07) is 5.10. The highest BCUT2D eigenvalue weighted by Gasteiger charge is 2.62. The average molecular weight is 374 g/mol. The first-order chi connectivity index (χ1) is 12.1. The Kier molecular flexibility index (Phi) is 2.67. The van der Waals surface area contributed by atoms with Crippen LogP contribution in [-0.2, 0) is 0 Å². The molecule has 6 atom stereocenters. The summed E-state index contributed by atoms with van der Waals surface area (Å²) in [6.45, 7) is 0. The number of allylic oxidation sites excluding steroid dienone is 2. The zero-order valence-electron chi connectivity index (χ0n) is 13.4. The van der Waals surface area contributed by atoms with Gasteiger partial charge in [0.1, 0.15) is 0 Å². The summed E-state index contributed by atoms with van der Waals surface area (Å²) < 4.78 is 1.50. The molecule has 2 aromatic rings. The fraction of sp³-hybridized carbons (Fsp3) is 0.400. The van der Waals surface area contributed by atoms with Gasteiger partial charge in [0.05, 0.1) is 10.7 Å². The molecule has 5 heteroatoms. The highest BCUT2D eigenvalue weighted by atomic mass is 35.5. The van der Waals surface area contributed by atoms with Crippen molar-refractivity contribution < 1.29 is 10.2 Å². The zero-order chi connectivity index (χ0) is 17.0. The molecule has 6 unspecified atom stereocenters. The summed E-state index contributed by atoms with van der Waals surface area (Å²) in [5.41, 5.74) is 2.48. The van der Waals surface area contributed by atoms with Crippen molar-refractivity contribution in [3.05, 3.63) is 51.5 Å². The Hall–Kier alpha value is -1.58. The van der Waals surface area contributed by atoms with Gasteiger partial charge in [-0.3, -0.25) is 0 Å². The predicted octanol–water partition coefficient (Wildman–Crippen LogP) is 5.22. The lowest BCUT2D eigenvalue weighted by Gasteiger charge is -2.31. The Morgan fingerprint density at radius 2 is 1.48 bits per heavy atom. The second-order valence-electron chi connectivity index (χ2n) is 7.96. The topological polar surface area (TPSA) is 45.4 Å². The molecule has 1 aromatic carbocycles. The van der Waals surface area contributed by atoms with Crippen LogP contribution in [0.1, 0.15) is 35.8 Å². The number of aromatic nitrogens is 1. The lowest BCUT2D eigenvalue weighted by Crippen LogP contribution is -2.24. The summed E-state index contributed by atoms with van der Waals surface area (Å²) in [7, 11) is 0. The molecule has 3 nitrogen and oxygen atoms in total. The standard InChI is InChI=1S/C20H17Cl2NO2/c21-10-3-4-14(13(22)6-10)23-19(24)17-11-7-12(18(17)20(23)25)16-9-2-1-8(5-9)15(11)16/h1-4,6,8-9,11-12,15-16,24-25H,5,7H2. The molecule has 2 N–H and O–H groups in total. The Balaban J connectivity index is 1.55. The number of nitrogens with zero attached hydrogens (tertiary/aromatic N) is 1. The van der Waals surface area contributed by atoms with Crippen LogP contribution in [0.5, 0.6) is 11.8 Å². The molecule has 2 fully saturated rings. The molecule has 4 aliphatic carbocycles. The monoisotopic (exact) mass is 373 g/mol. The van der Waals surface area contributed by atoms with Gasteiger partial charge in [-0.25, -0.2) is 4.57 Å². The maximum absolute atomic E-state index is 11.0. The zero-order valence-corrected chi connectivity index (χ0v) is 14.9. The van der Waals surface area contributed by atoms with E-state index in [-0.39, 0.29) is 11.8 Å². The van der Waals surface area contributed by atoms with Crippen LogP contribution in [0.15, 0.2) is 30.4 Å². The highest BCUT2D eigenvalue weighted by molar-refractivity contribution is 6.35. The highest BCUT2D eigenvalue weighted by Crippen LogP contribution is 2.72. The molecule has 128 valence electrons. The molecule has 0 amide bonds. The molecule has 0 saturated heterocycles. The quantitative estimate of drug-likeness (QED) is 0.531. The first kappa shape index (κ1) is 14.6. The van der Waals surface area contributed by atoms with Crippen molar-refractivity contribution in [2.75, 3.05) is 0 Å². The summed E-state index contributed by atoms with van der Waals surface area (Å²) in [5, 5.41) is 22.9. The van der Waals surface area contributed by atoms with Gasteiger partial charge in [0.2, 0.25) is 11.8 Å². The van der Waals surface area contributed by atoms with Gasteiger partial charge in [0.25, 0.3) is 0 Å². The lowest BCUT2D eigenvalue weighted by molar-refractivity contribution is 0.298. The van der Waals surface area contributed by atoms with Gasteiger partial charge >= 0.3 is 0 Å². The molecular formula is C20H17Cl2NO2. The second-order valence-corrected chi connectivity index (χ2v) is 8.80. The SMILES string of the molecule is Oc1c2c(c(O)n1-c1ccc(Cl)cc1Cl)C1CC2C2C3C=CC(C3)C12. The smallest absolute Gasteiger partial charge is 0.202 e. The van der Waals surface area contributed by atoms with Crippen molar-refractivity contribution in [2.24, 2.45) is 23.7 Å². The first-order valence-corrected chi connectivity index (χ1v) is 9.62. The van der Waals surface area contributed by atoms with Crippen LogP contribution in [0.3, 0.4) is 0 Å². The molecule has 1 aromatic heterocycles. The van der Waals surface area contributed by atoms with Gasteiger partial charge in [-0.2, -0.15) is 0 Å². The van der Waals surface area contributed by atoms with E-state index in [1.54, 1.807) is 18.2 Å². The minimum atomic E-state index is 0.148. The van der Waals surface area contributed by atoms with E-state index in [1.807, 2.05) is 0 Å².